The van der Waals surface area contributed by atoms with Gasteiger partial charge in [-0.2, -0.15) is 0 Å². The highest BCUT2D eigenvalue weighted by atomic mass is 15.2. The Morgan fingerprint density at radius 2 is 1.95 bits per heavy atom. The zero-order valence-corrected chi connectivity index (χ0v) is 13.2. The predicted molar refractivity (Wildman–Crippen MR) is 87.6 cm³/mol. The second-order valence-electron chi connectivity index (χ2n) is 6.45. The number of hydrogen-bond donors (Lipinski definition) is 1. The highest BCUT2D eigenvalue weighted by Crippen LogP contribution is 2.25. The van der Waals surface area contributed by atoms with Crippen molar-refractivity contribution >= 4 is 5.82 Å². The van der Waals surface area contributed by atoms with Crippen LogP contribution in [0.3, 0.4) is 0 Å². The molecule has 1 aromatic rings. The van der Waals surface area contributed by atoms with Crippen LogP contribution >= 0.6 is 0 Å². The Morgan fingerprint density at radius 1 is 1.19 bits per heavy atom. The maximum atomic E-state index is 4.62. The van der Waals surface area contributed by atoms with Gasteiger partial charge in [-0.1, -0.05) is 6.07 Å². The van der Waals surface area contributed by atoms with Gasteiger partial charge in [0, 0.05) is 37.9 Å². The minimum Gasteiger partial charge on any atom is -0.356 e. The molecule has 2 fully saturated rings. The largest absolute Gasteiger partial charge is 0.356 e. The van der Waals surface area contributed by atoms with Crippen LogP contribution in [0.4, 0.5) is 5.82 Å². The van der Waals surface area contributed by atoms with Crippen LogP contribution in [-0.2, 0) is 6.54 Å². The summed E-state index contributed by atoms with van der Waals surface area (Å²) in [5.41, 5.74) is 1.32. The first-order valence-electron chi connectivity index (χ1n) is 8.42. The average Bonchev–Trinajstić information content (AvgIpc) is 3.02. The first-order chi connectivity index (χ1) is 10.4. The lowest BCUT2D eigenvalue weighted by Crippen LogP contribution is -2.39. The summed E-state index contributed by atoms with van der Waals surface area (Å²) in [5.74, 6) is 2.07. The summed E-state index contributed by atoms with van der Waals surface area (Å²) in [4.78, 5) is 9.76. The first kappa shape index (κ1) is 14.8. The standard InChI is InChI=1S/C17H28N4/c1-18-13-16-5-4-8-19-17(16)21-11-6-15(7-12-21)14-20-9-2-3-10-20/h4-5,8,15,18H,2-3,6-7,9-14H2,1H3. The molecule has 0 bridgehead atoms. The molecule has 21 heavy (non-hydrogen) atoms. The van der Waals surface area contributed by atoms with E-state index in [1.54, 1.807) is 0 Å². The maximum absolute atomic E-state index is 4.62. The third kappa shape index (κ3) is 3.74. The van der Waals surface area contributed by atoms with Gasteiger partial charge in [0.1, 0.15) is 5.82 Å². The molecule has 0 aliphatic carbocycles. The van der Waals surface area contributed by atoms with Crippen LogP contribution in [0.1, 0.15) is 31.2 Å². The van der Waals surface area contributed by atoms with Gasteiger partial charge in [0.15, 0.2) is 0 Å². The summed E-state index contributed by atoms with van der Waals surface area (Å²) in [6.45, 7) is 7.19. The van der Waals surface area contributed by atoms with Gasteiger partial charge in [-0.15, -0.1) is 0 Å². The van der Waals surface area contributed by atoms with Crippen molar-refractivity contribution < 1.29 is 0 Å². The Hall–Kier alpha value is -1.13. The number of aromatic nitrogens is 1. The van der Waals surface area contributed by atoms with Crippen molar-refractivity contribution in [3.8, 4) is 0 Å². The molecule has 1 aromatic heterocycles. The van der Waals surface area contributed by atoms with E-state index in [4.69, 9.17) is 0 Å². The number of anilines is 1. The summed E-state index contributed by atoms with van der Waals surface area (Å²) in [5, 5.41) is 3.25. The monoisotopic (exact) mass is 288 g/mol. The molecule has 4 heteroatoms. The van der Waals surface area contributed by atoms with Crippen molar-refractivity contribution in [3.05, 3.63) is 23.9 Å². The highest BCUT2D eigenvalue weighted by Gasteiger charge is 2.24. The number of nitrogens with zero attached hydrogens (tertiary/aromatic N) is 3. The number of piperidine rings is 1. The van der Waals surface area contributed by atoms with Gasteiger partial charge in [-0.05, 0) is 57.8 Å². The quantitative estimate of drug-likeness (QED) is 0.899. The van der Waals surface area contributed by atoms with Crippen LogP contribution in [-0.4, -0.2) is 49.7 Å². The summed E-state index contributed by atoms with van der Waals surface area (Å²) in [6, 6.07) is 4.23. The molecule has 0 spiro atoms. The molecule has 0 unspecified atom stereocenters. The summed E-state index contributed by atoms with van der Waals surface area (Å²) < 4.78 is 0. The molecule has 3 rings (SSSR count). The molecule has 2 aliphatic heterocycles. The molecule has 0 aromatic carbocycles. The Morgan fingerprint density at radius 3 is 2.67 bits per heavy atom. The van der Waals surface area contributed by atoms with Gasteiger partial charge in [-0.3, -0.25) is 0 Å². The molecule has 0 saturated carbocycles. The summed E-state index contributed by atoms with van der Waals surface area (Å²) in [7, 11) is 2.00. The summed E-state index contributed by atoms with van der Waals surface area (Å²) in [6.07, 6.45) is 7.35. The molecule has 4 nitrogen and oxygen atoms in total. The van der Waals surface area contributed by atoms with Crippen LogP contribution in [0.5, 0.6) is 0 Å². The lowest BCUT2D eigenvalue weighted by molar-refractivity contribution is 0.249. The Bertz CT molecular complexity index is 434. The molecule has 2 aliphatic rings. The highest BCUT2D eigenvalue weighted by molar-refractivity contribution is 5.47. The fourth-order valence-corrected chi connectivity index (χ4v) is 3.70. The number of rotatable bonds is 5. The average molecular weight is 288 g/mol. The van der Waals surface area contributed by atoms with E-state index in [0.717, 1.165) is 25.6 Å². The number of hydrogen-bond acceptors (Lipinski definition) is 4. The van der Waals surface area contributed by atoms with Crippen molar-refractivity contribution in [1.82, 2.24) is 15.2 Å². The minimum atomic E-state index is 0.885. The van der Waals surface area contributed by atoms with Gasteiger partial charge >= 0.3 is 0 Å². The fraction of sp³-hybridized carbons (Fsp3) is 0.706. The van der Waals surface area contributed by atoms with Crippen molar-refractivity contribution in [1.29, 1.82) is 0 Å². The third-order valence-corrected chi connectivity index (χ3v) is 4.86. The number of likely N-dealkylation sites (tertiary alicyclic amines) is 1. The van der Waals surface area contributed by atoms with E-state index in [9.17, 15) is 0 Å². The van der Waals surface area contributed by atoms with E-state index in [1.165, 1.54) is 56.7 Å². The smallest absolute Gasteiger partial charge is 0.133 e. The van der Waals surface area contributed by atoms with Crippen LogP contribution < -0.4 is 10.2 Å². The van der Waals surface area contributed by atoms with E-state index < -0.39 is 0 Å². The van der Waals surface area contributed by atoms with Gasteiger partial charge in [0.05, 0.1) is 0 Å². The third-order valence-electron chi connectivity index (χ3n) is 4.86. The van der Waals surface area contributed by atoms with Crippen molar-refractivity contribution in [3.63, 3.8) is 0 Å². The van der Waals surface area contributed by atoms with E-state index in [1.807, 2.05) is 19.3 Å². The maximum Gasteiger partial charge on any atom is 0.133 e. The van der Waals surface area contributed by atoms with Gasteiger partial charge < -0.3 is 15.1 Å². The molecule has 2 saturated heterocycles. The molecule has 0 radical (unpaired) electrons. The van der Waals surface area contributed by atoms with Crippen LogP contribution in [0.25, 0.3) is 0 Å². The molecule has 1 N–H and O–H groups in total. The van der Waals surface area contributed by atoms with E-state index in [2.05, 4.69) is 26.2 Å². The van der Waals surface area contributed by atoms with Crippen LogP contribution in [0.15, 0.2) is 18.3 Å². The van der Waals surface area contributed by atoms with Gasteiger partial charge in [-0.25, -0.2) is 4.98 Å². The number of nitrogens with one attached hydrogen (secondary N) is 1. The Balaban J connectivity index is 1.55. The normalized spacial score (nSPS) is 21.1. The van der Waals surface area contributed by atoms with Crippen LogP contribution in [0, 0.1) is 5.92 Å². The molecule has 116 valence electrons. The van der Waals surface area contributed by atoms with Crippen molar-refractivity contribution in [2.24, 2.45) is 5.92 Å². The second-order valence-corrected chi connectivity index (χ2v) is 6.45. The van der Waals surface area contributed by atoms with E-state index >= 15 is 0 Å². The second kappa shape index (κ2) is 7.23. The lowest BCUT2D eigenvalue weighted by Gasteiger charge is -2.35. The van der Waals surface area contributed by atoms with Gasteiger partial charge in [0.2, 0.25) is 0 Å². The molecular formula is C17H28N4. The molecular weight excluding hydrogens is 260 g/mol. The molecule has 0 atom stereocenters. The zero-order chi connectivity index (χ0) is 14.5. The van der Waals surface area contributed by atoms with E-state index in [-0.39, 0.29) is 0 Å². The molecule has 3 heterocycles. The minimum absolute atomic E-state index is 0.885. The molecule has 0 amide bonds. The topological polar surface area (TPSA) is 31.4 Å². The first-order valence-corrected chi connectivity index (χ1v) is 8.42. The Labute approximate surface area is 128 Å². The van der Waals surface area contributed by atoms with Crippen LogP contribution in [0.2, 0.25) is 0 Å². The Kier molecular flexibility index (Phi) is 5.09. The van der Waals surface area contributed by atoms with Crippen molar-refractivity contribution in [2.75, 3.05) is 44.7 Å². The summed E-state index contributed by atoms with van der Waals surface area (Å²) >= 11 is 0. The van der Waals surface area contributed by atoms with E-state index in [0.29, 0.717) is 0 Å². The number of pyridine rings is 1. The van der Waals surface area contributed by atoms with Gasteiger partial charge in [0.25, 0.3) is 0 Å². The lowest BCUT2D eigenvalue weighted by atomic mass is 9.96. The van der Waals surface area contributed by atoms with Crippen molar-refractivity contribution in [2.45, 2.75) is 32.2 Å². The predicted octanol–water partition coefficient (Wildman–Crippen LogP) is 2.11. The zero-order valence-electron chi connectivity index (χ0n) is 13.2. The SMILES string of the molecule is CNCc1cccnc1N1CCC(CN2CCCC2)CC1. The fourth-order valence-electron chi connectivity index (χ4n) is 3.70.